The summed E-state index contributed by atoms with van der Waals surface area (Å²) in [5.41, 5.74) is 0.600. The van der Waals surface area contributed by atoms with Gasteiger partial charge in [0.05, 0.1) is 12.2 Å². The number of pyridine rings is 1. The van der Waals surface area contributed by atoms with Gasteiger partial charge in [0.1, 0.15) is 0 Å². The second-order valence-electron chi connectivity index (χ2n) is 5.74. The zero-order valence-electron chi connectivity index (χ0n) is 12.8. The topological polar surface area (TPSA) is 42.4 Å². The van der Waals surface area contributed by atoms with Gasteiger partial charge in [-0.1, -0.05) is 12.1 Å². The van der Waals surface area contributed by atoms with Gasteiger partial charge in [-0.2, -0.15) is 0 Å². The number of amides is 1. The molecule has 1 atom stereocenters. The Hall–Kier alpha value is -2.43. The van der Waals surface area contributed by atoms with E-state index in [4.69, 9.17) is 4.74 Å². The molecule has 1 saturated heterocycles. The highest BCUT2D eigenvalue weighted by Crippen LogP contribution is 2.21. The van der Waals surface area contributed by atoms with Crippen molar-refractivity contribution in [3.05, 3.63) is 60.2 Å². The highest BCUT2D eigenvalue weighted by molar-refractivity contribution is 5.93. The van der Waals surface area contributed by atoms with Crippen LogP contribution in [-0.2, 0) is 0 Å². The van der Waals surface area contributed by atoms with Crippen LogP contribution < -0.4 is 4.74 Å². The number of para-hydroxylation sites is 1. The molecule has 0 spiro atoms. The number of benzene rings is 1. The van der Waals surface area contributed by atoms with Crippen molar-refractivity contribution < 1.29 is 13.9 Å². The Kier molecular flexibility index (Phi) is 4.86. The highest BCUT2D eigenvalue weighted by Gasteiger charge is 2.25. The lowest BCUT2D eigenvalue weighted by atomic mass is 9.98. The smallest absolute Gasteiger partial charge is 0.255 e. The van der Waals surface area contributed by atoms with Crippen LogP contribution in [0.5, 0.6) is 5.75 Å². The fraction of sp³-hybridized carbons (Fsp3) is 0.333. The van der Waals surface area contributed by atoms with E-state index in [0.717, 1.165) is 19.4 Å². The molecule has 1 aliphatic rings. The number of halogens is 1. The van der Waals surface area contributed by atoms with E-state index >= 15 is 0 Å². The van der Waals surface area contributed by atoms with Crippen LogP contribution in [0.25, 0.3) is 0 Å². The Morgan fingerprint density at radius 3 is 2.96 bits per heavy atom. The number of likely N-dealkylation sites (tertiary alicyclic amines) is 1. The minimum Gasteiger partial charge on any atom is -0.490 e. The molecule has 1 fully saturated rings. The summed E-state index contributed by atoms with van der Waals surface area (Å²) < 4.78 is 19.2. The van der Waals surface area contributed by atoms with E-state index in [9.17, 15) is 9.18 Å². The first-order valence-electron chi connectivity index (χ1n) is 7.80. The molecule has 0 saturated carbocycles. The van der Waals surface area contributed by atoms with Gasteiger partial charge in [0.2, 0.25) is 0 Å². The fourth-order valence-corrected chi connectivity index (χ4v) is 2.83. The average molecular weight is 314 g/mol. The number of ether oxygens (including phenoxy) is 1. The minimum atomic E-state index is -0.355. The monoisotopic (exact) mass is 314 g/mol. The Balaban J connectivity index is 1.58. The van der Waals surface area contributed by atoms with Crippen molar-refractivity contribution in [1.82, 2.24) is 9.88 Å². The van der Waals surface area contributed by atoms with Crippen LogP contribution >= 0.6 is 0 Å². The predicted octanol–water partition coefficient (Wildman–Crippen LogP) is 3.15. The largest absolute Gasteiger partial charge is 0.490 e. The van der Waals surface area contributed by atoms with Crippen LogP contribution in [0.1, 0.15) is 23.2 Å². The highest BCUT2D eigenvalue weighted by atomic mass is 19.1. The van der Waals surface area contributed by atoms with Crippen molar-refractivity contribution in [3.63, 3.8) is 0 Å². The zero-order chi connectivity index (χ0) is 16.1. The molecule has 0 N–H and O–H groups in total. The molecule has 1 aliphatic heterocycles. The molecule has 1 aromatic heterocycles. The van der Waals surface area contributed by atoms with Gasteiger partial charge in [-0.15, -0.1) is 0 Å². The van der Waals surface area contributed by atoms with Crippen molar-refractivity contribution in [2.24, 2.45) is 5.92 Å². The molecule has 1 unspecified atom stereocenters. The summed E-state index contributed by atoms with van der Waals surface area (Å²) in [6.45, 7) is 1.78. The molecule has 0 radical (unpaired) electrons. The van der Waals surface area contributed by atoms with Gasteiger partial charge in [0.25, 0.3) is 5.91 Å². The Bertz CT molecular complexity index is 663. The number of hydrogen-bond acceptors (Lipinski definition) is 3. The van der Waals surface area contributed by atoms with Crippen LogP contribution in [0.3, 0.4) is 0 Å². The second-order valence-corrected chi connectivity index (χ2v) is 5.74. The number of hydrogen-bond donors (Lipinski definition) is 0. The number of aromatic nitrogens is 1. The SMILES string of the molecule is O=C(c1cccnc1)N1CCCC(COc2ccccc2F)C1. The molecule has 1 amide bonds. The van der Waals surface area contributed by atoms with Crippen LogP contribution in [-0.4, -0.2) is 35.5 Å². The molecule has 120 valence electrons. The maximum absolute atomic E-state index is 13.6. The molecule has 2 aromatic rings. The number of nitrogens with zero attached hydrogens (tertiary/aromatic N) is 2. The first kappa shape index (κ1) is 15.5. The minimum absolute atomic E-state index is 0.00584. The fourth-order valence-electron chi connectivity index (χ4n) is 2.83. The van der Waals surface area contributed by atoms with Crippen LogP contribution in [0.4, 0.5) is 4.39 Å². The summed E-state index contributed by atoms with van der Waals surface area (Å²) in [7, 11) is 0. The lowest BCUT2D eigenvalue weighted by Crippen LogP contribution is -2.41. The first-order valence-corrected chi connectivity index (χ1v) is 7.80. The van der Waals surface area contributed by atoms with Gasteiger partial charge in [-0.25, -0.2) is 4.39 Å². The van der Waals surface area contributed by atoms with Crippen LogP contribution in [0, 0.1) is 11.7 Å². The molecule has 2 heterocycles. The number of rotatable bonds is 4. The second kappa shape index (κ2) is 7.22. The maximum atomic E-state index is 13.6. The lowest BCUT2D eigenvalue weighted by Gasteiger charge is -2.32. The number of carbonyl (C=O) groups excluding carboxylic acids is 1. The van der Waals surface area contributed by atoms with E-state index in [1.54, 1.807) is 42.7 Å². The normalized spacial score (nSPS) is 17.8. The van der Waals surface area contributed by atoms with Gasteiger partial charge in [-0.05, 0) is 37.1 Å². The van der Waals surface area contributed by atoms with Gasteiger partial charge in [0.15, 0.2) is 11.6 Å². The van der Waals surface area contributed by atoms with Crippen LogP contribution in [0.15, 0.2) is 48.8 Å². The van der Waals surface area contributed by atoms with Crippen molar-refractivity contribution in [2.45, 2.75) is 12.8 Å². The third-order valence-electron chi connectivity index (χ3n) is 4.03. The molecule has 3 rings (SSSR count). The standard InChI is InChI=1S/C18H19FN2O2/c19-16-7-1-2-8-17(16)23-13-14-5-4-10-21(12-14)18(22)15-6-3-9-20-11-15/h1-3,6-9,11,14H,4-5,10,12-13H2. The average Bonchev–Trinajstić information content (AvgIpc) is 2.61. The van der Waals surface area contributed by atoms with Crippen molar-refractivity contribution >= 4 is 5.91 Å². The maximum Gasteiger partial charge on any atom is 0.255 e. The van der Waals surface area contributed by atoms with E-state index in [2.05, 4.69) is 4.98 Å². The molecule has 5 heteroatoms. The van der Waals surface area contributed by atoms with Gasteiger partial charge in [0, 0.05) is 31.4 Å². The van der Waals surface area contributed by atoms with Crippen molar-refractivity contribution in [1.29, 1.82) is 0 Å². The summed E-state index contributed by atoms with van der Waals surface area (Å²) in [6, 6.07) is 9.92. The van der Waals surface area contributed by atoms with E-state index in [0.29, 0.717) is 18.7 Å². The van der Waals surface area contributed by atoms with Crippen molar-refractivity contribution in [3.8, 4) is 5.75 Å². The summed E-state index contributed by atoms with van der Waals surface area (Å²) in [5.74, 6) is 0.118. The van der Waals surface area contributed by atoms with Crippen LogP contribution in [0.2, 0.25) is 0 Å². The number of piperidine rings is 1. The molecular formula is C18H19FN2O2. The summed E-state index contributed by atoms with van der Waals surface area (Å²) in [4.78, 5) is 18.3. The van der Waals surface area contributed by atoms with E-state index < -0.39 is 0 Å². The molecule has 1 aromatic carbocycles. The Morgan fingerprint density at radius 1 is 1.30 bits per heavy atom. The Morgan fingerprint density at radius 2 is 2.17 bits per heavy atom. The number of carbonyl (C=O) groups is 1. The first-order chi connectivity index (χ1) is 11.2. The zero-order valence-corrected chi connectivity index (χ0v) is 12.8. The molecule has 0 aliphatic carbocycles. The van der Waals surface area contributed by atoms with Gasteiger partial charge in [-0.3, -0.25) is 9.78 Å². The molecule has 4 nitrogen and oxygen atoms in total. The van der Waals surface area contributed by atoms with Gasteiger partial charge >= 0.3 is 0 Å². The van der Waals surface area contributed by atoms with E-state index in [1.807, 2.05) is 4.90 Å². The molecule has 0 bridgehead atoms. The lowest BCUT2D eigenvalue weighted by molar-refractivity contribution is 0.0631. The van der Waals surface area contributed by atoms with E-state index in [-0.39, 0.29) is 23.4 Å². The van der Waals surface area contributed by atoms with Crippen molar-refractivity contribution in [2.75, 3.05) is 19.7 Å². The quantitative estimate of drug-likeness (QED) is 0.870. The summed E-state index contributed by atoms with van der Waals surface area (Å²) in [5, 5.41) is 0. The third kappa shape index (κ3) is 3.86. The molecule has 23 heavy (non-hydrogen) atoms. The summed E-state index contributed by atoms with van der Waals surface area (Å²) in [6.07, 6.45) is 5.14. The van der Waals surface area contributed by atoms with Gasteiger partial charge < -0.3 is 9.64 Å². The predicted molar refractivity (Wildman–Crippen MR) is 84.8 cm³/mol. The Labute approximate surface area is 134 Å². The van der Waals surface area contributed by atoms with E-state index in [1.165, 1.54) is 6.07 Å². The summed E-state index contributed by atoms with van der Waals surface area (Å²) >= 11 is 0. The molecular weight excluding hydrogens is 295 g/mol. The third-order valence-corrected chi connectivity index (χ3v) is 4.03.